The van der Waals surface area contributed by atoms with E-state index in [0.717, 1.165) is 17.9 Å². The van der Waals surface area contributed by atoms with Gasteiger partial charge in [-0.15, -0.1) is 0 Å². The first-order valence-electron chi connectivity index (χ1n) is 9.42. The van der Waals surface area contributed by atoms with Gasteiger partial charge < -0.3 is 14.4 Å². The minimum atomic E-state index is -0.126. The number of carbonyl (C=O) groups is 1. The highest BCUT2D eigenvalue weighted by molar-refractivity contribution is 5.94. The van der Waals surface area contributed by atoms with E-state index in [4.69, 9.17) is 4.52 Å². The first-order valence-corrected chi connectivity index (χ1v) is 9.42. The molecule has 7 nitrogen and oxygen atoms in total. The number of benzene rings is 2. The van der Waals surface area contributed by atoms with Gasteiger partial charge >= 0.3 is 0 Å². The molecule has 0 aliphatic rings. The Balaban J connectivity index is 1.32. The van der Waals surface area contributed by atoms with Crippen LogP contribution in [0.1, 0.15) is 27.6 Å². The van der Waals surface area contributed by atoms with Gasteiger partial charge in [0.05, 0.1) is 0 Å². The summed E-state index contributed by atoms with van der Waals surface area (Å²) >= 11 is 0. The van der Waals surface area contributed by atoms with Crippen molar-refractivity contribution in [2.75, 3.05) is 6.54 Å². The topological polar surface area (TPSA) is 85.8 Å². The lowest BCUT2D eigenvalue weighted by Gasteiger charge is -2.09. The van der Waals surface area contributed by atoms with Crippen LogP contribution in [0.2, 0.25) is 0 Å². The summed E-state index contributed by atoms with van der Waals surface area (Å²) in [6.07, 6.45) is 4.41. The fraction of sp³-hybridized carbons (Fsp3) is 0.182. The van der Waals surface area contributed by atoms with Crippen LogP contribution in [-0.4, -0.2) is 32.1 Å². The van der Waals surface area contributed by atoms with Crippen LogP contribution in [-0.2, 0) is 13.0 Å². The van der Waals surface area contributed by atoms with E-state index in [1.165, 1.54) is 5.56 Å². The van der Waals surface area contributed by atoms with E-state index in [0.29, 0.717) is 30.2 Å². The van der Waals surface area contributed by atoms with Crippen LogP contribution in [0.25, 0.3) is 11.5 Å². The molecule has 0 atom stereocenters. The van der Waals surface area contributed by atoms with E-state index in [1.807, 2.05) is 24.4 Å². The van der Waals surface area contributed by atoms with E-state index in [1.54, 1.807) is 37.4 Å². The summed E-state index contributed by atoms with van der Waals surface area (Å²) in [6, 6.07) is 17.3. The normalized spacial score (nSPS) is 10.8. The number of aryl methyl sites for hydroxylation is 1. The molecule has 0 spiro atoms. The second-order valence-electron chi connectivity index (χ2n) is 6.69. The molecule has 0 radical (unpaired) electrons. The van der Waals surface area contributed by atoms with Gasteiger partial charge in [-0.05, 0) is 36.8 Å². The third-order valence-corrected chi connectivity index (χ3v) is 4.55. The minimum Gasteiger partial charge on any atom is -0.352 e. The zero-order valence-electron chi connectivity index (χ0n) is 16.1. The van der Waals surface area contributed by atoms with Gasteiger partial charge in [-0.25, -0.2) is 4.98 Å². The average molecular weight is 387 g/mol. The maximum Gasteiger partial charge on any atom is 0.257 e. The van der Waals surface area contributed by atoms with Crippen LogP contribution < -0.4 is 5.32 Å². The Kier molecular flexibility index (Phi) is 5.47. The Bertz CT molecular complexity index is 1080. The number of carbonyl (C=O) groups excluding carboxylic acids is 1. The molecule has 146 valence electrons. The van der Waals surface area contributed by atoms with Crippen molar-refractivity contribution in [2.45, 2.75) is 19.9 Å². The molecule has 1 amide bonds. The maximum atomic E-state index is 12.4. The lowest BCUT2D eigenvalue weighted by molar-refractivity contribution is 0.0954. The maximum absolute atomic E-state index is 12.4. The number of nitrogens with zero attached hydrogens (tertiary/aromatic N) is 4. The van der Waals surface area contributed by atoms with Gasteiger partial charge in [-0.1, -0.05) is 35.5 Å². The largest absolute Gasteiger partial charge is 0.352 e. The molecule has 0 bridgehead atoms. The summed E-state index contributed by atoms with van der Waals surface area (Å²) in [4.78, 5) is 21.0. The van der Waals surface area contributed by atoms with Crippen molar-refractivity contribution in [3.8, 4) is 11.5 Å². The molecule has 0 aliphatic heterocycles. The van der Waals surface area contributed by atoms with E-state index < -0.39 is 0 Å². The number of nitrogens with one attached hydrogen (secondary N) is 1. The first kappa shape index (κ1) is 18.6. The smallest absolute Gasteiger partial charge is 0.257 e. The fourth-order valence-electron chi connectivity index (χ4n) is 3.06. The molecule has 7 heteroatoms. The van der Waals surface area contributed by atoms with Gasteiger partial charge in [0.25, 0.3) is 11.8 Å². The summed E-state index contributed by atoms with van der Waals surface area (Å²) in [5.41, 5.74) is 2.58. The van der Waals surface area contributed by atoms with Crippen molar-refractivity contribution in [3.63, 3.8) is 0 Å². The Labute approximate surface area is 168 Å². The average Bonchev–Trinajstić information content (AvgIpc) is 3.38. The zero-order valence-corrected chi connectivity index (χ0v) is 16.1. The third kappa shape index (κ3) is 4.57. The molecule has 2 aromatic carbocycles. The Morgan fingerprint density at radius 1 is 1.10 bits per heavy atom. The Hall–Kier alpha value is -3.74. The predicted molar refractivity (Wildman–Crippen MR) is 108 cm³/mol. The van der Waals surface area contributed by atoms with E-state index in [-0.39, 0.29) is 5.91 Å². The molecule has 0 saturated heterocycles. The molecule has 0 unspecified atom stereocenters. The minimum absolute atomic E-state index is 0.126. The van der Waals surface area contributed by atoms with Crippen molar-refractivity contribution < 1.29 is 9.32 Å². The molecule has 4 rings (SSSR count). The van der Waals surface area contributed by atoms with Gasteiger partial charge in [0.1, 0.15) is 5.82 Å². The van der Waals surface area contributed by atoms with E-state index >= 15 is 0 Å². The third-order valence-electron chi connectivity index (χ3n) is 4.55. The molecule has 1 N–H and O–H groups in total. The van der Waals surface area contributed by atoms with Crippen LogP contribution in [0, 0.1) is 6.92 Å². The van der Waals surface area contributed by atoms with Crippen LogP contribution in [0.5, 0.6) is 0 Å². The molecular formula is C22H21N5O2. The molecule has 0 fully saturated rings. The van der Waals surface area contributed by atoms with Crippen LogP contribution >= 0.6 is 0 Å². The van der Waals surface area contributed by atoms with Gasteiger partial charge in [0.2, 0.25) is 0 Å². The van der Waals surface area contributed by atoms with Crippen LogP contribution in [0.4, 0.5) is 0 Å². The predicted octanol–water partition coefficient (Wildman–Crippen LogP) is 3.26. The number of amides is 1. The SMILES string of the molecule is Cc1noc(-c2ccc(C(=O)NCCc3nccn3Cc3ccccc3)cc2)n1. The number of imidazole rings is 1. The van der Waals surface area contributed by atoms with Gasteiger partial charge in [-0.2, -0.15) is 4.98 Å². The number of aromatic nitrogens is 4. The van der Waals surface area contributed by atoms with E-state index in [9.17, 15) is 4.79 Å². The van der Waals surface area contributed by atoms with Crippen molar-refractivity contribution in [1.29, 1.82) is 0 Å². The number of rotatable bonds is 7. The van der Waals surface area contributed by atoms with Crippen molar-refractivity contribution in [3.05, 3.63) is 89.8 Å². The number of hydrogen-bond donors (Lipinski definition) is 1. The highest BCUT2D eigenvalue weighted by Crippen LogP contribution is 2.17. The molecular weight excluding hydrogens is 366 g/mol. The summed E-state index contributed by atoms with van der Waals surface area (Å²) in [7, 11) is 0. The summed E-state index contributed by atoms with van der Waals surface area (Å²) in [5.74, 6) is 1.84. The second kappa shape index (κ2) is 8.52. The zero-order chi connectivity index (χ0) is 20.1. The van der Waals surface area contributed by atoms with Crippen LogP contribution in [0.3, 0.4) is 0 Å². The molecule has 2 aromatic heterocycles. The Morgan fingerprint density at radius 3 is 2.62 bits per heavy atom. The van der Waals surface area contributed by atoms with Crippen molar-refractivity contribution >= 4 is 5.91 Å². The standard InChI is InChI=1S/C22H21N5O2/c1-16-25-22(29-26-16)19-9-7-18(8-10-19)21(28)24-12-11-20-23-13-14-27(20)15-17-5-3-2-4-6-17/h2-10,13-14H,11-12,15H2,1H3,(H,24,28). The fourth-order valence-corrected chi connectivity index (χ4v) is 3.06. The second-order valence-corrected chi connectivity index (χ2v) is 6.69. The molecule has 2 heterocycles. The summed E-state index contributed by atoms with van der Waals surface area (Å²) < 4.78 is 7.24. The summed E-state index contributed by atoms with van der Waals surface area (Å²) in [5, 5.41) is 6.72. The molecule has 0 saturated carbocycles. The first-order chi connectivity index (χ1) is 14.2. The van der Waals surface area contributed by atoms with Gasteiger partial charge in [0.15, 0.2) is 5.82 Å². The van der Waals surface area contributed by atoms with E-state index in [2.05, 4.69) is 37.1 Å². The highest BCUT2D eigenvalue weighted by atomic mass is 16.5. The Morgan fingerprint density at radius 2 is 1.90 bits per heavy atom. The molecule has 4 aromatic rings. The highest BCUT2D eigenvalue weighted by Gasteiger charge is 2.10. The molecule has 29 heavy (non-hydrogen) atoms. The lowest BCUT2D eigenvalue weighted by atomic mass is 10.1. The van der Waals surface area contributed by atoms with Crippen LogP contribution in [0.15, 0.2) is 71.5 Å². The van der Waals surface area contributed by atoms with Gasteiger partial charge in [-0.3, -0.25) is 4.79 Å². The lowest BCUT2D eigenvalue weighted by Crippen LogP contribution is -2.26. The van der Waals surface area contributed by atoms with Gasteiger partial charge in [0, 0.05) is 43.0 Å². The summed E-state index contributed by atoms with van der Waals surface area (Å²) in [6.45, 7) is 3.04. The van der Waals surface area contributed by atoms with Crippen molar-refractivity contribution in [1.82, 2.24) is 25.0 Å². The quantitative estimate of drug-likeness (QED) is 0.526. The molecule has 0 aliphatic carbocycles. The van der Waals surface area contributed by atoms with Crippen molar-refractivity contribution in [2.24, 2.45) is 0 Å². The monoisotopic (exact) mass is 387 g/mol. The number of hydrogen-bond acceptors (Lipinski definition) is 5.